The molecule has 0 spiro atoms. The summed E-state index contributed by atoms with van der Waals surface area (Å²) in [6, 6.07) is 8.78. The molecule has 0 amide bonds. The van der Waals surface area contributed by atoms with Crippen molar-refractivity contribution in [1.29, 1.82) is 0 Å². The van der Waals surface area contributed by atoms with E-state index in [1.54, 1.807) is 11.8 Å². The van der Waals surface area contributed by atoms with Crippen molar-refractivity contribution in [2.75, 3.05) is 19.3 Å². The first-order valence-corrected chi connectivity index (χ1v) is 7.01. The summed E-state index contributed by atoms with van der Waals surface area (Å²) < 4.78 is 0. The first-order chi connectivity index (χ1) is 8.31. The van der Waals surface area contributed by atoms with E-state index in [0.717, 1.165) is 13.0 Å². The van der Waals surface area contributed by atoms with Crippen LogP contribution in [0.25, 0.3) is 0 Å². The Labute approximate surface area is 108 Å². The second-order valence-corrected chi connectivity index (χ2v) is 4.57. The van der Waals surface area contributed by atoms with Gasteiger partial charge in [0.15, 0.2) is 0 Å². The number of nitrogens with one attached hydrogen (secondary N) is 1. The molecule has 0 aliphatic rings. The highest BCUT2D eigenvalue weighted by Crippen LogP contribution is 2.18. The van der Waals surface area contributed by atoms with Gasteiger partial charge in [0.05, 0.1) is 0 Å². The molecule has 0 saturated carbocycles. The lowest BCUT2D eigenvalue weighted by atomic mass is 10.1. The predicted octanol–water partition coefficient (Wildman–Crippen LogP) is 2.41. The van der Waals surface area contributed by atoms with Crippen LogP contribution in [0, 0.1) is 11.8 Å². The van der Waals surface area contributed by atoms with Crippen molar-refractivity contribution in [1.82, 2.24) is 5.32 Å². The zero-order chi connectivity index (χ0) is 12.5. The zero-order valence-corrected chi connectivity index (χ0v) is 11.3. The number of rotatable bonds is 6. The molecule has 0 fully saturated rings. The van der Waals surface area contributed by atoms with E-state index in [1.807, 2.05) is 6.92 Å². The second-order valence-electron chi connectivity index (χ2n) is 3.69. The van der Waals surface area contributed by atoms with Crippen molar-refractivity contribution in [3.05, 3.63) is 29.8 Å². The molecule has 0 aromatic heterocycles. The maximum atomic E-state index is 5.79. The van der Waals surface area contributed by atoms with E-state index in [1.165, 1.54) is 10.5 Å². The first-order valence-electron chi connectivity index (χ1n) is 5.78. The van der Waals surface area contributed by atoms with Crippen LogP contribution in [-0.2, 0) is 0 Å². The molecule has 0 aliphatic carbocycles. The van der Waals surface area contributed by atoms with E-state index in [0.29, 0.717) is 6.54 Å². The van der Waals surface area contributed by atoms with Crippen molar-refractivity contribution in [2.45, 2.75) is 24.3 Å². The van der Waals surface area contributed by atoms with Crippen LogP contribution >= 0.6 is 11.8 Å². The highest BCUT2D eigenvalue weighted by Gasteiger charge is 2.07. The lowest BCUT2D eigenvalue weighted by Crippen LogP contribution is -2.28. The van der Waals surface area contributed by atoms with Crippen molar-refractivity contribution < 1.29 is 0 Å². The van der Waals surface area contributed by atoms with Gasteiger partial charge >= 0.3 is 0 Å². The van der Waals surface area contributed by atoms with Crippen LogP contribution in [0.1, 0.15) is 24.9 Å². The number of benzene rings is 1. The molecule has 0 aliphatic heterocycles. The Morgan fingerprint density at radius 3 is 2.59 bits per heavy atom. The molecule has 0 radical (unpaired) electrons. The van der Waals surface area contributed by atoms with Gasteiger partial charge in [-0.15, -0.1) is 23.6 Å². The zero-order valence-electron chi connectivity index (χ0n) is 10.5. The Balaban J connectivity index is 2.55. The van der Waals surface area contributed by atoms with Crippen molar-refractivity contribution in [2.24, 2.45) is 5.73 Å². The van der Waals surface area contributed by atoms with Gasteiger partial charge in [-0.2, -0.15) is 0 Å². The van der Waals surface area contributed by atoms with Gasteiger partial charge in [-0.25, -0.2) is 0 Å². The normalized spacial score (nSPS) is 11.7. The summed E-state index contributed by atoms with van der Waals surface area (Å²) in [5.41, 5.74) is 7.03. The molecule has 92 valence electrons. The summed E-state index contributed by atoms with van der Waals surface area (Å²) in [6.07, 6.45) is 2.95. The van der Waals surface area contributed by atoms with E-state index in [2.05, 4.69) is 47.7 Å². The number of hydrogen-bond acceptors (Lipinski definition) is 3. The minimum Gasteiger partial charge on any atom is -0.329 e. The summed E-state index contributed by atoms with van der Waals surface area (Å²) in [6.45, 7) is 3.35. The molecule has 1 aromatic carbocycles. The van der Waals surface area contributed by atoms with Crippen LogP contribution in [0.2, 0.25) is 0 Å². The van der Waals surface area contributed by atoms with Gasteiger partial charge in [0, 0.05) is 30.4 Å². The summed E-state index contributed by atoms with van der Waals surface area (Å²) in [5.74, 6) is 5.93. The molecule has 1 aromatic rings. The number of nitrogens with two attached hydrogens (primary N) is 1. The van der Waals surface area contributed by atoms with E-state index in [9.17, 15) is 0 Å². The summed E-state index contributed by atoms with van der Waals surface area (Å²) in [5, 5.41) is 3.42. The topological polar surface area (TPSA) is 38.0 Å². The summed E-state index contributed by atoms with van der Waals surface area (Å²) >= 11 is 1.75. The van der Waals surface area contributed by atoms with Crippen molar-refractivity contribution in [3.63, 3.8) is 0 Å². The van der Waals surface area contributed by atoms with Gasteiger partial charge in [-0.1, -0.05) is 12.1 Å². The molecule has 17 heavy (non-hydrogen) atoms. The lowest BCUT2D eigenvalue weighted by molar-refractivity contribution is 0.550. The molecule has 2 nitrogen and oxygen atoms in total. The van der Waals surface area contributed by atoms with Gasteiger partial charge < -0.3 is 11.1 Å². The molecule has 0 saturated heterocycles. The van der Waals surface area contributed by atoms with Gasteiger partial charge in [0.25, 0.3) is 0 Å². The lowest BCUT2D eigenvalue weighted by Gasteiger charge is -2.16. The predicted molar refractivity (Wildman–Crippen MR) is 76.1 cm³/mol. The highest BCUT2D eigenvalue weighted by atomic mass is 32.2. The molecular formula is C14H20N2S. The van der Waals surface area contributed by atoms with Gasteiger partial charge in [0.2, 0.25) is 0 Å². The van der Waals surface area contributed by atoms with E-state index in [-0.39, 0.29) is 6.04 Å². The SMILES string of the molecule is CC#CCCNC(CN)c1ccc(SC)cc1. The first kappa shape index (κ1) is 14.1. The Morgan fingerprint density at radius 2 is 2.06 bits per heavy atom. The Bertz CT molecular complexity index is 375. The fourth-order valence-electron chi connectivity index (χ4n) is 1.61. The molecule has 1 atom stereocenters. The molecule has 3 N–H and O–H groups in total. The van der Waals surface area contributed by atoms with Crippen LogP contribution < -0.4 is 11.1 Å². The Morgan fingerprint density at radius 1 is 1.35 bits per heavy atom. The summed E-state index contributed by atoms with van der Waals surface area (Å²) in [7, 11) is 0. The van der Waals surface area contributed by atoms with Gasteiger partial charge in [-0.3, -0.25) is 0 Å². The third-order valence-electron chi connectivity index (χ3n) is 2.57. The fourth-order valence-corrected chi connectivity index (χ4v) is 2.02. The standard InChI is InChI=1S/C14H20N2S/c1-3-4-5-10-16-14(11-15)12-6-8-13(17-2)9-7-12/h6-9,14,16H,5,10-11,15H2,1-2H3. The molecule has 3 heteroatoms. The van der Waals surface area contributed by atoms with E-state index < -0.39 is 0 Å². The monoisotopic (exact) mass is 248 g/mol. The number of hydrogen-bond donors (Lipinski definition) is 2. The number of thioether (sulfide) groups is 1. The largest absolute Gasteiger partial charge is 0.329 e. The Hall–Kier alpha value is -0.950. The molecule has 1 rings (SSSR count). The van der Waals surface area contributed by atoms with E-state index in [4.69, 9.17) is 5.73 Å². The molecule has 0 heterocycles. The van der Waals surface area contributed by atoms with Crippen LogP contribution in [0.3, 0.4) is 0 Å². The third-order valence-corrected chi connectivity index (χ3v) is 3.31. The Kier molecular flexibility index (Phi) is 6.80. The van der Waals surface area contributed by atoms with Gasteiger partial charge in [0.1, 0.15) is 0 Å². The van der Waals surface area contributed by atoms with Crippen LogP contribution in [0.15, 0.2) is 29.2 Å². The minimum absolute atomic E-state index is 0.226. The van der Waals surface area contributed by atoms with Crippen molar-refractivity contribution >= 4 is 11.8 Å². The van der Waals surface area contributed by atoms with Crippen molar-refractivity contribution in [3.8, 4) is 11.8 Å². The third kappa shape index (κ3) is 4.82. The molecule has 0 bridgehead atoms. The van der Waals surface area contributed by atoms with Crippen LogP contribution in [0.5, 0.6) is 0 Å². The van der Waals surface area contributed by atoms with Gasteiger partial charge in [-0.05, 0) is 30.9 Å². The quantitative estimate of drug-likeness (QED) is 0.461. The van der Waals surface area contributed by atoms with E-state index >= 15 is 0 Å². The van der Waals surface area contributed by atoms with Crippen LogP contribution in [0.4, 0.5) is 0 Å². The van der Waals surface area contributed by atoms with Crippen LogP contribution in [-0.4, -0.2) is 19.3 Å². The highest BCUT2D eigenvalue weighted by molar-refractivity contribution is 7.98. The second kappa shape index (κ2) is 8.19. The molecular weight excluding hydrogens is 228 g/mol. The maximum Gasteiger partial charge on any atom is 0.0444 e. The average molecular weight is 248 g/mol. The summed E-state index contributed by atoms with van der Waals surface area (Å²) in [4.78, 5) is 1.28. The smallest absolute Gasteiger partial charge is 0.0444 e. The maximum absolute atomic E-state index is 5.79. The average Bonchev–Trinajstić information content (AvgIpc) is 2.39. The minimum atomic E-state index is 0.226. The fraction of sp³-hybridized carbons (Fsp3) is 0.429. The molecule has 1 unspecified atom stereocenters.